The molecule has 6 nitrogen and oxygen atoms in total. The van der Waals surface area contributed by atoms with Crippen LogP contribution in [-0.4, -0.2) is 64.1 Å². The smallest absolute Gasteiger partial charge is 0.257 e. The Hall–Kier alpha value is -2.31. The number of amides is 1. The second kappa shape index (κ2) is 6.78. The number of carbonyl (C=O) groups is 1. The van der Waals surface area contributed by atoms with Crippen LogP contribution in [-0.2, 0) is 11.3 Å². The molecule has 2 saturated heterocycles. The van der Waals surface area contributed by atoms with Crippen molar-refractivity contribution >= 4 is 5.91 Å². The number of nitrogens with zero attached hydrogens (tertiary/aromatic N) is 4. The number of rotatable bonds is 4. The van der Waals surface area contributed by atoms with Gasteiger partial charge in [-0.3, -0.25) is 9.69 Å². The summed E-state index contributed by atoms with van der Waals surface area (Å²) in [5, 5.41) is 0. The number of aromatic nitrogens is 2. The average Bonchev–Trinajstić information content (AvgIpc) is 3.07. The fraction of sp³-hybridized carbons (Fsp3) is 0.450. The normalized spacial score (nSPS) is 21.2. The summed E-state index contributed by atoms with van der Waals surface area (Å²) in [7, 11) is 2.14. The first-order valence-electron chi connectivity index (χ1n) is 9.01. The highest BCUT2D eigenvalue weighted by Crippen LogP contribution is 2.37. The van der Waals surface area contributed by atoms with Gasteiger partial charge in [0.05, 0.1) is 25.3 Å². The number of carbonyl (C=O) groups excluding carboxylic acids is 1. The molecule has 0 N–H and O–H groups in total. The maximum Gasteiger partial charge on any atom is 0.257 e. The fourth-order valence-corrected chi connectivity index (χ4v) is 3.80. The third-order valence-corrected chi connectivity index (χ3v) is 5.36. The van der Waals surface area contributed by atoms with Crippen molar-refractivity contribution in [3.63, 3.8) is 0 Å². The van der Waals surface area contributed by atoms with Crippen LogP contribution in [0.4, 0.5) is 0 Å². The van der Waals surface area contributed by atoms with Gasteiger partial charge >= 0.3 is 0 Å². The molecule has 26 heavy (non-hydrogen) atoms. The molecule has 1 unspecified atom stereocenters. The second-order valence-corrected chi connectivity index (χ2v) is 7.43. The molecule has 0 saturated carbocycles. The second-order valence-electron chi connectivity index (χ2n) is 7.43. The molecule has 136 valence electrons. The Balaban J connectivity index is 1.32. The summed E-state index contributed by atoms with van der Waals surface area (Å²) in [6.45, 7) is 4.74. The van der Waals surface area contributed by atoms with E-state index in [9.17, 15) is 4.79 Å². The predicted molar refractivity (Wildman–Crippen MR) is 97.7 cm³/mol. The standard InChI is InChI=1S/C20H24N4O2/c1-15-21-9-17(10-22-15)19(25)24-13-20(14-24)8-18(12-26-20)23(2)11-16-6-4-3-5-7-16/h3-7,9-10,18H,8,11-14H2,1-2H3. The Labute approximate surface area is 153 Å². The molecule has 3 heterocycles. The third-order valence-electron chi connectivity index (χ3n) is 5.36. The van der Waals surface area contributed by atoms with E-state index in [1.165, 1.54) is 5.56 Å². The van der Waals surface area contributed by atoms with E-state index in [0.717, 1.165) is 19.6 Å². The molecule has 2 aliphatic heterocycles. The molecule has 6 heteroatoms. The lowest BCUT2D eigenvalue weighted by atomic mass is 9.88. The van der Waals surface area contributed by atoms with E-state index in [1.807, 2.05) is 17.9 Å². The monoisotopic (exact) mass is 352 g/mol. The van der Waals surface area contributed by atoms with Gasteiger partial charge in [0.25, 0.3) is 5.91 Å². The Kier molecular flexibility index (Phi) is 4.46. The molecule has 1 amide bonds. The maximum absolute atomic E-state index is 12.5. The largest absolute Gasteiger partial charge is 0.370 e. The maximum atomic E-state index is 12.5. The van der Waals surface area contributed by atoms with Crippen LogP contribution in [0.15, 0.2) is 42.7 Å². The van der Waals surface area contributed by atoms with Gasteiger partial charge in [-0.15, -0.1) is 0 Å². The van der Waals surface area contributed by atoms with Crippen molar-refractivity contribution in [3.05, 3.63) is 59.7 Å². The van der Waals surface area contributed by atoms with Gasteiger partial charge in [-0.05, 0) is 26.0 Å². The van der Waals surface area contributed by atoms with E-state index in [2.05, 4.69) is 46.2 Å². The summed E-state index contributed by atoms with van der Waals surface area (Å²) >= 11 is 0. The van der Waals surface area contributed by atoms with Crippen LogP contribution >= 0.6 is 0 Å². The first kappa shape index (κ1) is 17.1. The number of likely N-dealkylation sites (N-methyl/N-ethyl adjacent to an activating group) is 1. The van der Waals surface area contributed by atoms with Crippen LogP contribution in [0.2, 0.25) is 0 Å². The molecule has 2 aromatic rings. The summed E-state index contributed by atoms with van der Waals surface area (Å²) in [4.78, 5) is 24.9. The molecule has 1 aromatic carbocycles. The lowest BCUT2D eigenvalue weighted by Crippen LogP contribution is -2.63. The fourth-order valence-electron chi connectivity index (χ4n) is 3.80. The van der Waals surface area contributed by atoms with Crippen molar-refractivity contribution < 1.29 is 9.53 Å². The number of hydrogen-bond donors (Lipinski definition) is 0. The molecule has 0 bridgehead atoms. The van der Waals surface area contributed by atoms with Gasteiger partial charge in [0, 0.05) is 25.0 Å². The number of aryl methyl sites for hydroxylation is 1. The van der Waals surface area contributed by atoms with Crippen LogP contribution in [0.1, 0.15) is 28.2 Å². The van der Waals surface area contributed by atoms with Crippen molar-refractivity contribution in [2.75, 3.05) is 26.7 Å². The number of hydrogen-bond acceptors (Lipinski definition) is 5. The minimum atomic E-state index is -0.184. The molecule has 2 aliphatic rings. The van der Waals surface area contributed by atoms with Gasteiger partial charge < -0.3 is 9.64 Å². The van der Waals surface area contributed by atoms with Crippen molar-refractivity contribution in [2.45, 2.75) is 31.5 Å². The average molecular weight is 352 g/mol. The predicted octanol–water partition coefficient (Wildman–Crippen LogP) is 1.90. The number of ether oxygens (including phenoxy) is 1. The van der Waals surface area contributed by atoms with Gasteiger partial charge in [-0.2, -0.15) is 0 Å². The SMILES string of the molecule is Cc1ncc(C(=O)N2CC3(CC(N(C)Cc4ccccc4)CO3)C2)cn1. The lowest BCUT2D eigenvalue weighted by Gasteiger charge is -2.47. The van der Waals surface area contributed by atoms with Crippen molar-refractivity contribution in [3.8, 4) is 0 Å². The van der Waals surface area contributed by atoms with E-state index in [1.54, 1.807) is 12.4 Å². The van der Waals surface area contributed by atoms with Crippen LogP contribution < -0.4 is 0 Å². The molecule has 4 rings (SSSR count). The summed E-state index contributed by atoms with van der Waals surface area (Å²) in [6, 6.07) is 10.9. The van der Waals surface area contributed by atoms with E-state index in [-0.39, 0.29) is 11.5 Å². The van der Waals surface area contributed by atoms with Crippen molar-refractivity contribution in [2.24, 2.45) is 0 Å². The van der Waals surface area contributed by atoms with Gasteiger partial charge in [-0.1, -0.05) is 30.3 Å². The molecule has 0 aliphatic carbocycles. The minimum absolute atomic E-state index is 0.0136. The molecular weight excluding hydrogens is 328 g/mol. The summed E-state index contributed by atoms with van der Waals surface area (Å²) in [6.07, 6.45) is 4.16. The summed E-state index contributed by atoms with van der Waals surface area (Å²) in [5.74, 6) is 0.658. The zero-order valence-electron chi connectivity index (χ0n) is 15.3. The Morgan fingerprint density at radius 1 is 1.27 bits per heavy atom. The van der Waals surface area contributed by atoms with Gasteiger partial charge in [-0.25, -0.2) is 9.97 Å². The zero-order valence-corrected chi connectivity index (χ0v) is 15.3. The highest BCUT2D eigenvalue weighted by molar-refractivity contribution is 5.94. The Bertz CT molecular complexity index is 772. The van der Waals surface area contributed by atoms with Gasteiger partial charge in [0.15, 0.2) is 0 Å². The van der Waals surface area contributed by atoms with Crippen LogP contribution in [0, 0.1) is 6.92 Å². The van der Waals surface area contributed by atoms with Crippen molar-refractivity contribution in [1.29, 1.82) is 0 Å². The van der Waals surface area contributed by atoms with E-state index in [4.69, 9.17) is 4.74 Å². The molecule has 1 spiro atoms. The quantitative estimate of drug-likeness (QED) is 0.841. The summed E-state index contributed by atoms with van der Waals surface area (Å²) < 4.78 is 6.12. The summed E-state index contributed by atoms with van der Waals surface area (Å²) in [5.41, 5.74) is 1.67. The molecule has 2 fully saturated rings. The van der Waals surface area contributed by atoms with E-state index in [0.29, 0.717) is 30.5 Å². The zero-order chi connectivity index (χ0) is 18.1. The number of benzene rings is 1. The topological polar surface area (TPSA) is 58.6 Å². The van der Waals surface area contributed by atoms with Crippen LogP contribution in [0.25, 0.3) is 0 Å². The first-order valence-corrected chi connectivity index (χ1v) is 9.01. The van der Waals surface area contributed by atoms with Gasteiger partial charge in [0.1, 0.15) is 11.4 Å². The Morgan fingerprint density at radius 2 is 1.96 bits per heavy atom. The molecule has 0 radical (unpaired) electrons. The molecule has 1 atom stereocenters. The van der Waals surface area contributed by atoms with E-state index >= 15 is 0 Å². The Morgan fingerprint density at radius 3 is 2.65 bits per heavy atom. The molecular formula is C20H24N4O2. The van der Waals surface area contributed by atoms with Crippen LogP contribution in [0.3, 0.4) is 0 Å². The molecule has 1 aromatic heterocycles. The number of likely N-dealkylation sites (tertiary alicyclic amines) is 1. The van der Waals surface area contributed by atoms with Crippen LogP contribution in [0.5, 0.6) is 0 Å². The van der Waals surface area contributed by atoms with Gasteiger partial charge in [0.2, 0.25) is 0 Å². The van der Waals surface area contributed by atoms with Crippen molar-refractivity contribution in [1.82, 2.24) is 19.8 Å². The highest BCUT2D eigenvalue weighted by atomic mass is 16.5. The third kappa shape index (κ3) is 3.34. The first-order chi connectivity index (χ1) is 12.5. The highest BCUT2D eigenvalue weighted by Gasteiger charge is 2.52. The lowest BCUT2D eigenvalue weighted by molar-refractivity contribution is -0.0950. The van der Waals surface area contributed by atoms with E-state index < -0.39 is 0 Å². The minimum Gasteiger partial charge on any atom is -0.370 e.